The van der Waals surface area contributed by atoms with Gasteiger partial charge in [-0.1, -0.05) is 17.7 Å². The second-order valence-electron chi connectivity index (χ2n) is 7.06. The average Bonchev–Trinajstić information content (AvgIpc) is 3.33. The van der Waals surface area contributed by atoms with Gasteiger partial charge in [0.2, 0.25) is 0 Å². The molecule has 1 aromatic carbocycles. The molecular weight excluding hydrogens is 398 g/mol. The van der Waals surface area contributed by atoms with Crippen molar-refractivity contribution in [2.24, 2.45) is 0 Å². The number of benzene rings is 1. The van der Waals surface area contributed by atoms with E-state index in [9.17, 15) is 14.7 Å². The highest BCUT2D eigenvalue weighted by atomic mass is 35.5. The number of aromatic nitrogens is 2. The van der Waals surface area contributed by atoms with E-state index in [2.05, 4.69) is 15.5 Å². The number of fused-ring (bicyclic) bond motifs is 1. The SMILES string of the molecule is O=C1CC(c2cccs2)CC2=C1C(c1cc(Cl)ccc1O)c1c([nH][nH]c1=O)N2. The van der Waals surface area contributed by atoms with Crippen molar-refractivity contribution in [3.05, 3.63) is 78.4 Å². The molecular formula is C20H16ClN3O3S. The number of phenols is 1. The van der Waals surface area contributed by atoms with Gasteiger partial charge < -0.3 is 10.4 Å². The predicted octanol–water partition coefficient (Wildman–Crippen LogP) is 4.08. The number of allylic oxidation sites excluding steroid dienone is 2. The molecule has 0 saturated carbocycles. The number of aromatic hydroxyl groups is 1. The van der Waals surface area contributed by atoms with Crippen LogP contribution in [0.15, 0.2) is 51.8 Å². The van der Waals surface area contributed by atoms with Crippen LogP contribution in [0.25, 0.3) is 0 Å². The van der Waals surface area contributed by atoms with Crippen molar-refractivity contribution in [3.8, 4) is 5.75 Å². The number of hydrogen-bond acceptors (Lipinski definition) is 5. The lowest BCUT2D eigenvalue weighted by Gasteiger charge is -2.34. The number of thiophene rings is 1. The summed E-state index contributed by atoms with van der Waals surface area (Å²) in [5.74, 6) is -0.0743. The average molecular weight is 414 g/mol. The molecule has 5 rings (SSSR count). The van der Waals surface area contributed by atoms with Crippen LogP contribution in [-0.4, -0.2) is 21.1 Å². The third-order valence-electron chi connectivity index (χ3n) is 5.42. The largest absolute Gasteiger partial charge is 0.508 e. The summed E-state index contributed by atoms with van der Waals surface area (Å²) in [5, 5.41) is 21.6. The third kappa shape index (κ3) is 2.62. The zero-order valence-electron chi connectivity index (χ0n) is 14.6. The Labute approximate surface area is 168 Å². The molecule has 3 heterocycles. The van der Waals surface area contributed by atoms with Crippen LogP contribution in [0.5, 0.6) is 5.75 Å². The van der Waals surface area contributed by atoms with Crippen LogP contribution < -0.4 is 10.9 Å². The van der Waals surface area contributed by atoms with Gasteiger partial charge in [-0.15, -0.1) is 11.3 Å². The smallest absolute Gasteiger partial charge is 0.270 e. The number of rotatable bonds is 2. The molecule has 0 saturated heterocycles. The highest BCUT2D eigenvalue weighted by molar-refractivity contribution is 7.10. The summed E-state index contributed by atoms with van der Waals surface area (Å²) in [6.07, 6.45) is 1.03. The molecule has 0 spiro atoms. The van der Waals surface area contributed by atoms with Crippen molar-refractivity contribution in [2.75, 3.05) is 5.32 Å². The maximum absolute atomic E-state index is 13.2. The lowest BCUT2D eigenvalue weighted by atomic mass is 9.73. The lowest BCUT2D eigenvalue weighted by Crippen LogP contribution is -2.31. The number of anilines is 1. The Balaban J connectivity index is 1.70. The Morgan fingerprint density at radius 2 is 2.00 bits per heavy atom. The second kappa shape index (κ2) is 6.39. The molecule has 2 unspecified atom stereocenters. The van der Waals surface area contributed by atoms with Gasteiger partial charge in [0.1, 0.15) is 11.6 Å². The van der Waals surface area contributed by atoms with Crippen LogP contribution >= 0.6 is 22.9 Å². The number of H-pyrrole nitrogens is 2. The van der Waals surface area contributed by atoms with E-state index in [1.165, 1.54) is 6.07 Å². The number of hydrogen-bond donors (Lipinski definition) is 4. The molecule has 4 N–H and O–H groups in total. The number of aromatic amines is 2. The number of phenolic OH excluding ortho intramolecular Hbond substituents is 1. The summed E-state index contributed by atoms with van der Waals surface area (Å²) in [7, 11) is 0. The molecule has 6 nitrogen and oxygen atoms in total. The highest BCUT2D eigenvalue weighted by Crippen LogP contribution is 2.48. The minimum Gasteiger partial charge on any atom is -0.508 e. The standard InChI is InChI=1S/C20H16ClN3O3S/c21-10-3-4-13(25)11(8-10)16-17-12(22-19-18(16)20(27)24-23-19)6-9(7-14(17)26)15-2-1-5-28-15/h1-5,8-9,16,25H,6-7H2,(H3,22,23,24,27). The summed E-state index contributed by atoms with van der Waals surface area (Å²) in [5.41, 5.74) is 1.83. The minimum absolute atomic E-state index is 0.00267. The molecule has 0 fully saturated rings. The number of carbonyl (C=O) groups excluding carboxylic acids is 1. The summed E-state index contributed by atoms with van der Waals surface area (Å²) in [6, 6.07) is 8.71. The van der Waals surface area contributed by atoms with Gasteiger partial charge in [0, 0.05) is 39.1 Å². The van der Waals surface area contributed by atoms with E-state index in [0.29, 0.717) is 40.4 Å². The van der Waals surface area contributed by atoms with E-state index in [1.54, 1.807) is 23.5 Å². The summed E-state index contributed by atoms with van der Waals surface area (Å²) >= 11 is 7.80. The van der Waals surface area contributed by atoms with E-state index >= 15 is 0 Å². The number of nitrogens with one attached hydrogen (secondary N) is 3. The van der Waals surface area contributed by atoms with Crippen LogP contribution in [0.1, 0.15) is 40.7 Å². The van der Waals surface area contributed by atoms with Crippen molar-refractivity contribution in [1.82, 2.24) is 10.2 Å². The first-order valence-corrected chi connectivity index (χ1v) is 10.1. The van der Waals surface area contributed by atoms with Crippen molar-refractivity contribution in [2.45, 2.75) is 24.7 Å². The molecule has 28 heavy (non-hydrogen) atoms. The molecule has 2 atom stereocenters. The van der Waals surface area contributed by atoms with E-state index < -0.39 is 5.92 Å². The van der Waals surface area contributed by atoms with Gasteiger partial charge in [-0.25, -0.2) is 0 Å². The van der Waals surface area contributed by atoms with Crippen LogP contribution in [0.2, 0.25) is 5.02 Å². The highest BCUT2D eigenvalue weighted by Gasteiger charge is 2.41. The minimum atomic E-state index is -0.670. The van der Waals surface area contributed by atoms with Gasteiger partial charge in [-0.2, -0.15) is 0 Å². The topological polar surface area (TPSA) is 98.0 Å². The summed E-state index contributed by atoms with van der Waals surface area (Å²) in [4.78, 5) is 26.9. The van der Waals surface area contributed by atoms with Crippen LogP contribution in [0, 0.1) is 0 Å². The molecule has 142 valence electrons. The maximum Gasteiger partial charge on any atom is 0.270 e. The Bertz CT molecular complexity index is 1180. The fourth-order valence-electron chi connectivity index (χ4n) is 4.21. The summed E-state index contributed by atoms with van der Waals surface area (Å²) < 4.78 is 0. The zero-order valence-corrected chi connectivity index (χ0v) is 16.2. The quantitative estimate of drug-likeness (QED) is 0.508. The lowest BCUT2D eigenvalue weighted by molar-refractivity contribution is -0.116. The summed E-state index contributed by atoms with van der Waals surface area (Å²) in [6.45, 7) is 0. The molecule has 0 radical (unpaired) electrons. The van der Waals surface area contributed by atoms with Gasteiger partial charge in [-0.05, 0) is 36.1 Å². The Morgan fingerprint density at radius 3 is 2.79 bits per heavy atom. The Morgan fingerprint density at radius 1 is 1.14 bits per heavy atom. The van der Waals surface area contributed by atoms with Gasteiger partial charge in [-0.3, -0.25) is 19.8 Å². The fourth-order valence-corrected chi connectivity index (χ4v) is 5.22. The third-order valence-corrected chi connectivity index (χ3v) is 6.69. The first kappa shape index (κ1) is 17.3. The zero-order chi connectivity index (χ0) is 19.4. The number of ketones is 1. The number of carbonyl (C=O) groups is 1. The van der Waals surface area contributed by atoms with Crippen molar-refractivity contribution in [3.63, 3.8) is 0 Å². The molecule has 2 aromatic heterocycles. The molecule has 1 aliphatic carbocycles. The van der Waals surface area contributed by atoms with Gasteiger partial charge in [0.25, 0.3) is 5.56 Å². The predicted molar refractivity (Wildman–Crippen MR) is 108 cm³/mol. The Kier molecular flexibility index (Phi) is 3.96. The van der Waals surface area contributed by atoms with E-state index in [0.717, 1.165) is 10.6 Å². The van der Waals surface area contributed by atoms with Crippen LogP contribution in [0.3, 0.4) is 0 Å². The van der Waals surface area contributed by atoms with Gasteiger partial charge in [0.05, 0.1) is 11.5 Å². The normalized spacial score (nSPS) is 21.2. The first-order chi connectivity index (χ1) is 13.5. The molecule has 0 amide bonds. The first-order valence-electron chi connectivity index (χ1n) is 8.88. The molecule has 0 bridgehead atoms. The van der Waals surface area contributed by atoms with Crippen LogP contribution in [0.4, 0.5) is 5.82 Å². The van der Waals surface area contributed by atoms with Crippen LogP contribution in [-0.2, 0) is 4.79 Å². The van der Waals surface area contributed by atoms with Gasteiger partial charge >= 0.3 is 0 Å². The Hall–Kier alpha value is -2.77. The second-order valence-corrected chi connectivity index (χ2v) is 8.48. The molecule has 1 aliphatic heterocycles. The number of Topliss-reactive ketones (excluding diaryl/α,β-unsaturated/α-hetero) is 1. The van der Waals surface area contributed by atoms with E-state index in [-0.39, 0.29) is 23.0 Å². The maximum atomic E-state index is 13.2. The molecule has 3 aromatic rings. The van der Waals surface area contributed by atoms with Crippen molar-refractivity contribution in [1.29, 1.82) is 0 Å². The monoisotopic (exact) mass is 413 g/mol. The number of halogens is 1. The van der Waals surface area contributed by atoms with Crippen molar-refractivity contribution < 1.29 is 9.90 Å². The molecule has 8 heteroatoms. The van der Waals surface area contributed by atoms with Gasteiger partial charge in [0.15, 0.2) is 5.78 Å². The fraction of sp³-hybridized carbons (Fsp3) is 0.200. The van der Waals surface area contributed by atoms with E-state index in [4.69, 9.17) is 11.6 Å². The molecule has 2 aliphatic rings. The van der Waals surface area contributed by atoms with E-state index in [1.807, 2.05) is 17.5 Å². The van der Waals surface area contributed by atoms with Crippen molar-refractivity contribution >= 4 is 34.5 Å².